The topological polar surface area (TPSA) is 132 Å². The summed E-state index contributed by atoms with van der Waals surface area (Å²) in [7, 11) is -3.83. The van der Waals surface area contributed by atoms with Crippen LogP contribution in [0.3, 0.4) is 0 Å². The smallest absolute Gasteiger partial charge is 0.342 e. The first-order valence-electron chi connectivity index (χ1n) is 12.6. The predicted molar refractivity (Wildman–Crippen MR) is 153 cm³/mol. The minimum absolute atomic E-state index is 0.0267. The van der Waals surface area contributed by atoms with Crippen molar-refractivity contribution in [3.05, 3.63) is 93.1 Å². The highest BCUT2D eigenvalue weighted by Gasteiger charge is 2.27. The van der Waals surface area contributed by atoms with Crippen molar-refractivity contribution >= 4 is 50.2 Å². The second-order valence-electron chi connectivity index (χ2n) is 9.22. The number of morpholine rings is 1. The molecule has 1 fully saturated rings. The Labute approximate surface area is 240 Å². The number of sulfonamides is 1. The number of carbonyl (C=O) groups excluding carboxylic acids is 2. The van der Waals surface area contributed by atoms with Crippen LogP contribution in [0.15, 0.2) is 80.8 Å². The molecule has 1 aliphatic rings. The number of fused-ring (bicyclic) bond motifs is 1. The number of para-hydroxylation sites is 1. The Hall–Kier alpha value is -4.03. The van der Waals surface area contributed by atoms with Gasteiger partial charge in [-0.15, -0.1) is 0 Å². The highest BCUT2D eigenvalue weighted by Crippen LogP contribution is 2.29. The summed E-state index contributed by atoms with van der Waals surface area (Å²) >= 11 is 6.20. The van der Waals surface area contributed by atoms with E-state index in [0.717, 1.165) is 0 Å². The first kappa shape index (κ1) is 28.5. The van der Waals surface area contributed by atoms with E-state index in [4.69, 9.17) is 25.5 Å². The van der Waals surface area contributed by atoms with Gasteiger partial charge in [-0.2, -0.15) is 4.31 Å². The Morgan fingerprint density at radius 3 is 2.49 bits per heavy atom. The monoisotopic (exact) mass is 596 g/mol. The molecule has 0 radical (unpaired) electrons. The number of halogens is 1. The molecule has 1 amide bonds. The van der Waals surface area contributed by atoms with E-state index in [2.05, 4.69) is 5.32 Å². The number of carbonyl (C=O) groups is 2. The Bertz CT molecular complexity index is 1800. The summed E-state index contributed by atoms with van der Waals surface area (Å²) in [5.41, 5.74) is 0.822. The molecule has 212 valence electrons. The molecule has 1 aromatic heterocycles. The number of amides is 1. The predicted octanol–water partition coefficient (Wildman–Crippen LogP) is 4.24. The zero-order valence-electron chi connectivity index (χ0n) is 21.9. The largest absolute Gasteiger partial charge is 0.455 e. The van der Waals surface area contributed by atoms with Crippen molar-refractivity contribution in [2.75, 3.05) is 38.2 Å². The lowest BCUT2D eigenvalue weighted by Crippen LogP contribution is -2.40. The van der Waals surface area contributed by atoms with E-state index in [0.29, 0.717) is 16.9 Å². The molecule has 12 heteroatoms. The van der Waals surface area contributed by atoms with Gasteiger partial charge in [0.05, 0.1) is 34.2 Å². The summed E-state index contributed by atoms with van der Waals surface area (Å²) in [4.78, 5) is 38.7. The molecule has 0 aliphatic carbocycles. The second kappa shape index (κ2) is 11.8. The lowest BCUT2D eigenvalue weighted by molar-refractivity contribution is -0.119. The highest BCUT2D eigenvalue weighted by molar-refractivity contribution is 7.89. The molecule has 1 saturated heterocycles. The molecule has 2 heterocycles. The molecule has 1 N–H and O–H groups in total. The third-order valence-electron chi connectivity index (χ3n) is 6.55. The van der Waals surface area contributed by atoms with Crippen LogP contribution in [0, 0.1) is 6.92 Å². The van der Waals surface area contributed by atoms with Crippen LogP contribution in [0.25, 0.3) is 22.3 Å². The molecule has 0 unspecified atom stereocenters. The highest BCUT2D eigenvalue weighted by atomic mass is 35.5. The number of hydrogen-bond donors (Lipinski definition) is 1. The lowest BCUT2D eigenvalue weighted by Gasteiger charge is -2.26. The summed E-state index contributed by atoms with van der Waals surface area (Å²) in [5, 5.41) is 2.79. The van der Waals surface area contributed by atoms with Crippen LogP contribution in [0.5, 0.6) is 0 Å². The average molecular weight is 597 g/mol. The fourth-order valence-electron chi connectivity index (χ4n) is 4.43. The Morgan fingerprint density at radius 1 is 1.02 bits per heavy atom. The van der Waals surface area contributed by atoms with Gasteiger partial charge in [-0.3, -0.25) is 9.59 Å². The number of anilines is 1. The van der Waals surface area contributed by atoms with Gasteiger partial charge in [0.15, 0.2) is 17.6 Å². The third-order valence-corrected chi connectivity index (χ3v) is 8.78. The van der Waals surface area contributed by atoms with Crippen molar-refractivity contribution in [2.24, 2.45) is 0 Å². The maximum absolute atomic E-state index is 13.1. The van der Waals surface area contributed by atoms with Crippen molar-refractivity contribution < 1.29 is 31.9 Å². The van der Waals surface area contributed by atoms with Crippen LogP contribution in [-0.2, 0) is 24.3 Å². The van der Waals surface area contributed by atoms with Gasteiger partial charge in [0.2, 0.25) is 10.0 Å². The quantitative estimate of drug-likeness (QED) is 0.313. The van der Waals surface area contributed by atoms with Crippen molar-refractivity contribution in [1.29, 1.82) is 0 Å². The van der Waals surface area contributed by atoms with E-state index in [9.17, 15) is 22.8 Å². The molecule has 0 bridgehead atoms. The molecule has 41 heavy (non-hydrogen) atoms. The Kier molecular flexibility index (Phi) is 8.22. The minimum atomic E-state index is -3.83. The molecule has 1 aliphatic heterocycles. The number of rotatable bonds is 7. The van der Waals surface area contributed by atoms with Gasteiger partial charge in [-0.05, 0) is 37.3 Å². The number of nitrogens with one attached hydrogen (secondary N) is 1. The molecule has 0 saturated carbocycles. The zero-order valence-corrected chi connectivity index (χ0v) is 23.5. The lowest BCUT2D eigenvalue weighted by atomic mass is 10.0. The van der Waals surface area contributed by atoms with Crippen LogP contribution >= 0.6 is 11.6 Å². The maximum Gasteiger partial charge on any atom is 0.342 e. The summed E-state index contributed by atoms with van der Waals surface area (Å²) in [6.07, 6.45) is 0. The van der Waals surface area contributed by atoms with Crippen LogP contribution in [0.4, 0.5) is 5.69 Å². The molecule has 3 aromatic carbocycles. The van der Waals surface area contributed by atoms with Gasteiger partial charge in [0.25, 0.3) is 5.91 Å². The number of hydrogen-bond acceptors (Lipinski definition) is 8. The van der Waals surface area contributed by atoms with E-state index in [1.165, 1.54) is 34.6 Å². The molecule has 10 nitrogen and oxygen atoms in total. The molecular weight excluding hydrogens is 572 g/mol. The summed E-state index contributed by atoms with van der Waals surface area (Å²) in [6.45, 7) is 1.94. The number of ether oxygens (including phenoxy) is 2. The first-order chi connectivity index (χ1) is 19.7. The fraction of sp³-hybridized carbons (Fsp3) is 0.207. The molecular formula is C29H25ClN2O8S. The second-order valence-corrected chi connectivity index (χ2v) is 11.6. The molecule has 0 spiro atoms. The number of esters is 1. The van der Waals surface area contributed by atoms with Gasteiger partial charge in [-0.1, -0.05) is 48.0 Å². The molecule has 0 atom stereocenters. The molecule has 5 rings (SSSR count). The summed E-state index contributed by atoms with van der Waals surface area (Å²) in [6, 6.07) is 17.5. The van der Waals surface area contributed by atoms with Gasteiger partial charge in [-0.25, -0.2) is 13.2 Å². The van der Waals surface area contributed by atoms with Crippen molar-refractivity contribution in [2.45, 2.75) is 11.8 Å². The number of nitrogens with zero attached hydrogens (tertiary/aromatic N) is 1. The fourth-order valence-corrected chi connectivity index (χ4v) is 6.03. The van der Waals surface area contributed by atoms with Gasteiger partial charge < -0.3 is 19.2 Å². The Morgan fingerprint density at radius 2 is 1.76 bits per heavy atom. The standard InChI is InChI=1S/C29H25ClN2O8S/c1-18-26(34)21-8-5-9-22(28(21)40-27(18)19-6-3-2-4-7-19)29(35)39-17-25(33)31-24-16-20(10-11-23(24)30)41(36,37)32-12-14-38-15-13-32/h2-11,16H,12-15,17H2,1H3,(H,31,33). The van der Waals surface area contributed by atoms with Gasteiger partial charge >= 0.3 is 5.97 Å². The van der Waals surface area contributed by atoms with Crippen molar-refractivity contribution in [1.82, 2.24) is 4.31 Å². The average Bonchev–Trinajstić information content (AvgIpc) is 2.99. The molecule has 4 aromatic rings. The SMILES string of the molecule is Cc1c(-c2ccccc2)oc2c(C(=O)OCC(=O)Nc3cc(S(=O)(=O)N4CCOCC4)ccc3Cl)cccc2c1=O. The first-order valence-corrected chi connectivity index (χ1v) is 14.4. The third kappa shape index (κ3) is 5.89. The normalized spacial score (nSPS) is 14.1. The van der Waals surface area contributed by atoms with Gasteiger partial charge in [0.1, 0.15) is 11.3 Å². The summed E-state index contributed by atoms with van der Waals surface area (Å²) < 4.78 is 43.7. The van der Waals surface area contributed by atoms with Crippen LogP contribution in [0.2, 0.25) is 5.02 Å². The van der Waals surface area contributed by atoms with Crippen molar-refractivity contribution in [3.63, 3.8) is 0 Å². The minimum Gasteiger partial charge on any atom is -0.455 e. The van der Waals surface area contributed by atoms with E-state index in [1.807, 2.05) is 6.07 Å². The van der Waals surface area contributed by atoms with Crippen LogP contribution in [0.1, 0.15) is 15.9 Å². The van der Waals surface area contributed by atoms with Crippen LogP contribution < -0.4 is 10.7 Å². The summed E-state index contributed by atoms with van der Waals surface area (Å²) in [5.74, 6) is -1.31. The van der Waals surface area contributed by atoms with E-state index >= 15 is 0 Å². The van der Waals surface area contributed by atoms with E-state index in [-0.39, 0.29) is 63.9 Å². The maximum atomic E-state index is 13.1. The van der Waals surface area contributed by atoms with Gasteiger partial charge in [0, 0.05) is 24.2 Å². The Balaban J connectivity index is 1.34. The zero-order chi connectivity index (χ0) is 29.1. The van der Waals surface area contributed by atoms with E-state index < -0.39 is 28.5 Å². The van der Waals surface area contributed by atoms with Crippen LogP contribution in [-0.4, -0.2) is 57.5 Å². The van der Waals surface area contributed by atoms with Crippen molar-refractivity contribution in [3.8, 4) is 11.3 Å². The number of benzene rings is 3. The van der Waals surface area contributed by atoms with E-state index in [1.54, 1.807) is 37.3 Å².